The monoisotopic (exact) mass is 260 g/mol. The highest BCUT2D eigenvalue weighted by Gasteiger charge is 2.06. The summed E-state index contributed by atoms with van der Waals surface area (Å²) in [6, 6.07) is 6.80. The van der Waals surface area contributed by atoms with Crippen LogP contribution >= 0.6 is 0 Å². The SMILES string of the molecule is Nc1cnn(CCNC(=O)Cc2ccccc2O)c1. The average Bonchev–Trinajstić information content (AvgIpc) is 2.78. The normalized spacial score (nSPS) is 10.3. The maximum Gasteiger partial charge on any atom is 0.224 e. The molecule has 6 heteroatoms. The average molecular weight is 260 g/mol. The van der Waals surface area contributed by atoms with Crippen molar-refractivity contribution >= 4 is 11.6 Å². The second-order valence-electron chi connectivity index (χ2n) is 4.19. The third kappa shape index (κ3) is 3.74. The Hall–Kier alpha value is -2.50. The maximum absolute atomic E-state index is 11.7. The van der Waals surface area contributed by atoms with Crippen LogP contribution in [0.4, 0.5) is 5.69 Å². The number of rotatable bonds is 5. The number of phenolic OH excluding ortho intramolecular Hbond substituents is 1. The summed E-state index contributed by atoms with van der Waals surface area (Å²) in [5, 5.41) is 16.3. The molecule has 0 spiro atoms. The first-order valence-corrected chi connectivity index (χ1v) is 5.96. The van der Waals surface area contributed by atoms with Gasteiger partial charge in [0.25, 0.3) is 0 Å². The van der Waals surface area contributed by atoms with Crippen molar-refractivity contribution < 1.29 is 9.90 Å². The van der Waals surface area contributed by atoms with Gasteiger partial charge in [-0.2, -0.15) is 5.10 Å². The van der Waals surface area contributed by atoms with Gasteiger partial charge in [-0.3, -0.25) is 9.48 Å². The second-order valence-corrected chi connectivity index (χ2v) is 4.19. The van der Waals surface area contributed by atoms with Gasteiger partial charge in [0.15, 0.2) is 0 Å². The topological polar surface area (TPSA) is 93.2 Å². The summed E-state index contributed by atoms with van der Waals surface area (Å²) < 4.78 is 1.66. The quantitative estimate of drug-likeness (QED) is 0.731. The van der Waals surface area contributed by atoms with E-state index in [9.17, 15) is 9.90 Å². The van der Waals surface area contributed by atoms with Crippen LogP contribution in [0.5, 0.6) is 5.75 Å². The van der Waals surface area contributed by atoms with Crippen LogP contribution in [0, 0.1) is 0 Å². The number of hydrogen-bond acceptors (Lipinski definition) is 4. The standard InChI is InChI=1S/C13H16N4O2/c14-11-8-16-17(9-11)6-5-15-13(19)7-10-3-1-2-4-12(10)18/h1-4,8-9,18H,5-7,14H2,(H,15,19). The third-order valence-electron chi connectivity index (χ3n) is 2.66. The molecule has 2 rings (SSSR count). The Morgan fingerprint density at radius 2 is 2.21 bits per heavy atom. The summed E-state index contributed by atoms with van der Waals surface area (Å²) in [6.07, 6.45) is 3.42. The minimum atomic E-state index is -0.137. The van der Waals surface area contributed by atoms with Gasteiger partial charge >= 0.3 is 0 Å². The molecule has 0 radical (unpaired) electrons. The van der Waals surface area contributed by atoms with E-state index in [1.54, 1.807) is 41.3 Å². The van der Waals surface area contributed by atoms with E-state index in [0.717, 1.165) is 0 Å². The second kappa shape index (κ2) is 5.90. The van der Waals surface area contributed by atoms with Crippen LogP contribution in [-0.2, 0) is 17.8 Å². The van der Waals surface area contributed by atoms with Crippen molar-refractivity contribution in [3.05, 3.63) is 42.2 Å². The molecule has 2 aromatic rings. The Morgan fingerprint density at radius 3 is 2.89 bits per heavy atom. The number of phenols is 1. The molecule has 1 amide bonds. The van der Waals surface area contributed by atoms with Crippen LogP contribution in [0.1, 0.15) is 5.56 Å². The lowest BCUT2D eigenvalue weighted by molar-refractivity contribution is -0.120. The Bertz CT molecular complexity index is 565. The van der Waals surface area contributed by atoms with E-state index in [0.29, 0.717) is 24.3 Å². The molecule has 0 aliphatic carbocycles. The van der Waals surface area contributed by atoms with Crippen LogP contribution in [0.2, 0.25) is 0 Å². The van der Waals surface area contributed by atoms with Gasteiger partial charge in [0.05, 0.1) is 24.8 Å². The number of hydrogen-bond donors (Lipinski definition) is 3. The van der Waals surface area contributed by atoms with Crippen molar-refractivity contribution in [2.75, 3.05) is 12.3 Å². The number of para-hydroxylation sites is 1. The summed E-state index contributed by atoms with van der Waals surface area (Å²) in [6.45, 7) is 1.03. The smallest absolute Gasteiger partial charge is 0.224 e. The Kier molecular flexibility index (Phi) is 4.02. The molecule has 0 bridgehead atoms. The number of carbonyl (C=O) groups is 1. The molecule has 0 fully saturated rings. The molecule has 0 saturated carbocycles. The van der Waals surface area contributed by atoms with Gasteiger partial charge in [-0.25, -0.2) is 0 Å². The molecular formula is C13H16N4O2. The van der Waals surface area contributed by atoms with Crippen molar-refractivity contribution in [3.63, 3.8) is 0 Å². The molecule has 19 heavy (non-hydrogen) atoms. The summed E-state index contributed by atoms with van der Waals surface area (Å²) in [4.78, 5) is 11.7. The molecule has 1 heterocycles. The molecule has 0 aliphatic rings. The fourth-order valence-corrected chi connectivity index (χ4v) is 1.71. The van der Waals surface area contributed by atoms with Crippen LogP contribution < -0.4 is 11.1 Å². The van der Waals surface area contributed by atoms with E-state index in [2.05, 4.69) is 10.4 Å². The number of benzene rings is 1. The summed E-state index contributed by atoms with van der Waals surface area (Å²) in [5.41, 5.74) is 6.74. The first-order chi connectivity index (χ1) is 9.15. The van der Waals surface area contributed by atoms with Crippen LogP contribution in [0.3, 0.4) is 0 Å². The molecule has 1 aromatic carbocycles. The maximum atomic E-state index is 11.7. The van der Waals surface area contributed by atoms with Crippen molar-refractivity contribution in [2.45, 2.75) is 13.0 Å². The fourth-order valence-electron chi connectivity index (χ4n) is 1.71. The number of amides is 1. The lowest BCUT2D eigenvalue weighted by Gasteiger charge is -2.06. The minimum Gasteiger partial charge on any atom is -0.508 e. The Morgan fingerprint density at radius 1 is 1.42 bits per heavy atom. The van der Waals surface area contributed by atoms with Gasteiger partial charge in [0.1, 0.15) is 5.75 Å². The van der Waals surface area contributed by atoms with Crippen LogP contribution in [-0.4, -0.2) is 27.3 Å². The zero-order chi connectivity index (χ0) is 13.7. The molecule has 6 nitrogen and oxygen atoms in total. The first-order valence-electron chi connectivity index (χ1n) is 5.96. The van der Waals surface area contributed by atoms with E-state index in [4.69, 9.17) is 5.73 Å². The van der Waals surface area contributed by atoms with Crippen molar-refractivity contribution in [3.8, 4) is 5.75 Å². The van der Waals surface area contributed by atoms with E-state index >= 15 is 0 Å². The number of carbonyl (C=O) groups excluding carboxylic acids is 1. The predicted octanol–water partition coefficient (Wildman–Crippen LogP) is 0.530. The molecule has 0 saturated heterocycles. The van der Waals surface area contributed by atoms with Gasteiger partial charge in [0, 0.05) is 18.3 Å². The number of anilines is 1. The lowest BCUT2D eigenvalue weighted by atomic mass is 10.1. The highest BCUT2D eigenvalue weighted by molar-refractivity contribution is 5.79. The number of nitrogens with two attached hydrogens (primary N) is 1. The minimum absolute atomic E-state index is 0.137. The van der Waals surface area contributed by atoms with E-state index in [-0.39, 0.29) is 18.1 Å². The van der Waals surface area contributed by atoms with Crippen molar-refractivity contribution in [1.82, 2.24) is 15.1 Å². The van der Waals surface area contributed by atoms with Crippen molar-refractivity contribution in [1.29, 1.82) is 0 Å². The predicted molar refractivity (Wildman–Crippen MR) is 71.5 cm³/mol. The van der Waals surface area contributed by atoms with E-state index in [1.165, 1.54) is 0 Å². The highest BCUT2D eigenvalue weighted by Crippen LogP contribution is 2.15. The Labute approximate surface area is 110 Å². The van der Waals surface area contributed by atoms with Crippen LogP contribution in [0.15, 0.2) is 36.7 Å². The molecule has 0 unspecified atom stereocenters. The van der Waals surface area contributed by atoms with E-state index < -0.39 is 0 Å². The lowest BCUT2D eigenvalue weighted by Crippen LogP contribution is -2.28. The number of nitrogens with zero attached hydrogens (tertiary/aromatic N) is 2. The summed E-state index contributed by atoms with van der Waals surface area (Å²) in [5.74, 6) is -0.000808. The molecule has 100 valence electrons. The molecule has 0 atom stereocenters. The first kappa shape index (κ1) is 12.9. The zero-order valence-corrected chi connectivity index (χ0v) is 10.4. The van der Waals surface area contributed by atoms with Gasteiger partial charge in [-0.1, -0.05) is 18.2 Å². The summed E-state index contributed by atoms with van der Waals surface area (Å²) >= 11 is 0. The fraction of sp³-hybridized carbons (Fsp3) is 0.231. The van der Waals surface area contributed by atoms with Gasteiger partial charge in [0.2, 0.25) is 5.91 Å². The summed E-state index contributed by atoms with van der Waals surface area (Å²) in [7, 11) is 0. The van der Waals surface area contributed by atoms with Crippen molar-refractivity contribution in [2.24, 2.45) is 0 Å². The zero-order valence-electron chi connectivity index (χ0n) is 10.4. The Balaban J connectivity index is 1.77. The van der Waals surface area contributed by atoms with Crippen LogP contribution in [0.25, 0.3) is 0 Å². The number of nitrogen functional groups attached to an aromatic ring is 1. The molecule has 1 aromatic heterocycles. The third-order valence-corrected chi connectivity index (χ3v) is 2.66. The largest absolute Gasteiger partial charge is 0.508 e. The van der Waals surface area contributed by atoms with Gasteiger partial charge < -0.3 is 16.2 Å². The van der Waals surface area contributed by atoms with Gasteiger partial charge in [-0.15, -0.1) is 0 Å². The van der Waals surface area contributed by atoms with Gasteiger partial charge in [-0.05, 0) is 6.07 Å². The molecular weight excluding hydrogens is 244 g/mol. The number of aromatic hydroxyl groups is 1. The molecule has 4 N–H and O–H groups in total. The molecule has 0 aliphatic heterocycles. The number of aromatic nitrogens is 2. The number of nitrogens with one attached hydrogen (secondary N) is 1. The highest BCUT2D eigenvalue weighted by atomic mass is 16.3. The van der Waals surface area contributed by atoms with E-state index in [1.807, 2.05) is 0 Å².